The summed E-state index contributed by atoms with van der Waals surface area (Å²) in [7, 11) is 1.78. The van der Waals surface area contributed by atoms with Crippen LogP contribution in [-0.2, 0) is 13.2 Å². The zero-order valence-electron chi connectivity index (χ0n) is 17.1. The number of halogens is 3. The molecule has 2 N–H and O–H groups in total. The van der Waals surface area contributed by atoms with Crippen LogP contribution in [0.5, 0.6) is 0 Å². The van der Waals surface area contributed by atoms with E-state index in [9.17, 15) is 18.0 Å². The van der Waals surface area contributed by atoms with Crippen molar-refractivity contribution in [3.05, 3.63) is 71.8 Å². The summed E-state index contributed by atoms with van der Waals surface area (Å²) in [4.78, 5) is 24.5. The lowest BCUT2D eigenvalue weighted by molar-refractivity contribution is -0.141. The Bertz CT molecular complexity index is 1270. The number of benzene rings is 1. The molecule has 8 nitrogen and oxygen atoms in total. The van der Waals surface area contributed by atoms with E-state index in [1.54, 1.807) is 42.3 Å². The quantitative estimate of drug-likeness (QED) is 0.482. The van der Waals surface area contributed by atoms with Crippen LogP contribution in [0.2, 0.25) is 0 Å². The number of fused-ring (bicyclic) bond motifs is 1. The number of amides is 1. The molecule has 1 amide bonds. The molecule has 164 valence electrons. The standard InChI is InChI=1S/C21H18F3N7O/c1-12(28-18-11-25-16-10-27-31(2)19(16)30-18)13-4-3-5-15(8-13)29-20(32)14-6-7-17(26-9-14)21(22,23)24/h3-12H,1-2H3,(H,28,30)(H,29,32)/t12-/m0/s1. The largest absolute Gasteiger partial charge is 0.433 e. The molecule has 0 saturated carbocycles. The van der Waals surface area contributed by atoms with Crippen molar-refractivity contribution in [2.45, 2.75) is 19.1 Å². The monoisotopic (exact) mass is 441 g/mol. The van der Waals surface area contributed by atoms with Crippen LogP contribution in [0.3, 0.4) is 0 Å². The van der Waals surface area contributed by atoms with Crippen molar-refractivity contribution in [3.8, 4) is 0 Å². The van der Waals surface area contributed by atoms with Gasteiger partial charge in [0.1, 0.15) is 17.0 Å². The van der Waals surface area contributed by atoms with Crippen LogP contribution >= 0.6 is 0 Å². The van der Waals surface area contributed by atoms with Gasteiger partial charge in [-0.25, -0.2) is 14.6 Å². The summed E-state index contributed by atoms with van der Waals surface area (Å²) in [5, 5.41) is 10.1. The first kappa shape index (κ1) is 21.2. The van der Waals surface area contributed by atoms with E-state index in [1.165, 1.54) is 0 Å². The maximum absolute atomic E-state index is 12.6. The number of pyridine rings is 1. The number of carbonyl (C=O) groups is 1. The summed E-state index contributed by atoms with van der Waals surface area (Å²) in [5.74, 6) is 0.00961. The Hall–Kier alpha value is -4.02. The predicted molar refractivity (Wildman–Crippen MR) is 112 cm³/mol. The Morgan fingerprint density at radius 3 is 2.62 bits per heavy atom. The van der Waals surface area contributed by atoms with Gasteiger partial charge in [0.25, 0.3) is 5.91 Å². The number of alkyl halides is 3. The molecule has 0 saturated heterocycles. The van der Waals surface area contributed by atoms with E-state index in [4.69, 9.17) is 0 Å². The number of nitrogens with one attached hydrogen (secondary N) is 2. The van der Waals surface area contributed by atoms with E-state index >= 15 is 0 Å². The molecule has 0 aliphatic rings. The van der Waals surface area contributed by atoms with Gasteiger partial charge in [0.15, 0.2) is 5.65 Å². The van der Waals surface area contributed by atoms with Gasteiger partial charge in [-0.05, 0) is 36.8 Å². The second-order valence-corrected chi connectivity index (χ2v) is 7.11. The summed E-state index contributed by atoms with van der Waals surface area (Å²) in [6.45, 7) is 1.93. The molecule has 4 aromatic rings. The van der Waals surface area contributed by atoms with Gasteiger partial charge in [-0.2, -0.15) is 18.3 Å². The fourth-order valence-electron chi connectivity index (χ4n) is 3.07. The van der Waals surface area contributed by atoms with Crippen molar-refractivity contribution in [2.24, 2.45) is 7.05 Å². The van der Waals surface area contributed by atoms with E-state index in [1.807, 2.05) is 13.0 Å². The Balaban J connectivity index is 1.46. The molecule has 0 aliphatic carbocycles. The molecule has 0 aliphatic heterocycles. The molecule has 3 aromatic heterocycles. The maximum Gasteiger partial charge on any atom is 0.433 e. The molecular weight excluding hydrogens is 423 g/mol. The van der Waals surface area contributed by atoms with Crippen LogP contribution in [0.15, 0.2) is 55.0 Å². The van der Waals surface area contributed by atoms with Crippen LogP contribution in [0.25, 0.3) is 11.2 Å². The van der Waals surface area contributed by atoms with Gasteiger partial charge >= 0.3 is 6.18 Å². The third kappa shape index (κ3) is 4.51. The molecule has 3 heterocycles. The Morgan fingerprint density at radius 1 is 1.09 bits per heavy atom. The van der Waals surface area contributed by atoms with Gasteiger partial charge in [-0.3, -0.25) is 9.78 Å². The minimum atomic E-state index is -4.56. The third-order valence-corrected chi connectivity index (χ3v) is 4.77. The first-order valence-corrected chi connectivity index (χ1v) is 9.56. The first-order chi connectivity index (χ1) is 15.2. The predicted octanol–water partition coefficient (Wildman–Crippen LogP) is 4.20. The highest BCUT2D eigenvalue weighted by atomic mass is 19.4. The second kappa shape index (κ2) is 8.25. The number of nitrogens with zero attached hydrogens (tertiary/aromatic N) is 5. The Kier molecular flexibility index (Phi) is 5.47. The zero-order valence-corrected chi connectivity index (χ0v) is 17.1. The SMILES string of the molecule is C[C@H](Nc1cnc2cnn(C)c2n1)c1cccc(NC(=O)c2ccc(C(F)(F)F)nc2)c1. The third-order valence-electron chi connectivity index (χ3n) is 4.77. The molecule has 1 aromatic carbocycles. The number of hydrogen-bond donors (Lipinski definition) is 2. The van der Waals surface area contributed by atoms with Crippen molar-refractivity contribution in [2.75, 3.05) is 10.6 Å². The van der Waals surface area contributed by atoms with Crippen molar-refractivity contribution in [1.82, 2.24) is 24.7 Å². The summed E-state index contributed by atoms with van der Waals surface area (Å²) >= 11 is 0. The van der Waals surface area contributed by atoms with E-state index in [2.05, 4.69) is 30.7 Å². The van der Waals surface area contributed by atoms with Gasteiger partial charge in [-0.15, -0.1) is 0 Å². The highest BCUT2D eigenvalue weighted by Crippen LogP contribution is 2.27. The van der Waals surface area contributed by atoms with Crippen LogP contribution in [0.4, 0.5) is 24.7 Å². The van der Waals surface area contributed by atoms with Crippen molar-refractivity contribution >= 4 is 28.6 Å². The lowest BCUT2D eigenvalue weighted by Crippen LogP contribution is -2.15. The lowest BCUT2D eigenvalue weighted by atomic mass is 10.1. The minimum absolute atomic E-state index is 0.0225. The van der Waals surface area contributed by atoms with E-state index < -0.39 is 17.8 Å². The molecular formula is C21H18F3N7O. The van der Waals surface area contributed by atoms with Gasteiger partial charge in [0.05, 0.1) is 24.0 Å². The van der Waals surface area contributed by atoms with Crippen LogP contribution in [0.1, 0.15) is 34.6 Å². The topological polar surface area (TPSA) is 97.6 Å². The highest BCUT2D eigenvalue weighted by Gasteiger charge is 2.32. The number of anilines is 2. The van der Waals surface area contributed by atoms with Crippen LogP contribution < -0.4 is 10.6 Å². The smallest absolute Gasteiger partial charge is 0.362 e. The molecule has 32 heavy (non-hydrogen) atoms. The van der Waals surface area contributed by atoms with Gasteiger partial charge < -0.3 is 10.6 Å². The van der Waals surface area contributed by atoms with Crippen LogP contribution in [0, 0.1) is 0 Å². The Morgan fingerprint density at radius 2 is 1.91 bits per heavy atom. The normalized spacial score (nSPS) is 12.5. The fourth-order valence-corrected chi connectivity index (χ4v) is 3.07. The van der Waals surface area contributed by atoms with Crippen molar-refractivity contribution < 1.29 is 18.0 Å². The number of rotatable bonds is 5. The average Bonchev–Trinajstić information content (AvgIpc) is 3.13. The first-order valence-electron chi connectivity index (χ1n) is 9.56. The molecule has 1 atom stereocenters. The fraction of sp³-hybridized carbons (Fsp3) is 0.190. The van der Waals surface area contributed by atoms with Gasteiger partial charge in [0.2, 0.25) is 0 Å². The molecule has 11 heteroatoms. The van der Waals surface area contributed by atoms with E-state index in [-0.39, 0.29) is 11.6 Å². The molecule has 0 radical (unpaired) electrons. The minimum Gasteiger partial charge on any atom is -0.362 e. The lowest BCUT2D eigenvalue weighted by Gasteiger charge is -2.16. The molecule has 0 unspecified atom stereocenters. The van der Waals surface area contributed by atoms with E-state index in [0.717, 1.165) is 23.9 Å². The van der Waals surface area contributed by atoms with Gasteiger partial charge in [-0.1, -0.05) is 12.1 Å². The van der Waals surface area contributed by atoms with E-state index in [0.29, 0.717) is 22.7 Å². The summed E-state index contributed by atoms with van der Waals surface area (Å²) in [6, 6.07) is 8.80. The average molecular weight is 441 g/mol. The summed E-state index contributed by atoms with van der Waals surface area (Å²) in [5.41, 5.74) is 1.66. The van der Waals surface area contributed by atoms with Crippen LogP contribution in [-0.4, -0.2) is 30.6 Å². The molecule has 4 rings (SSSR count). The zero-order chi connectivity index (χ0) is 22.9. The maximum atomic E-state index is 12.6. The molecule has 0 fully saturated rings. The number of carbonyl (C=O) groups excluding carboxylic acids is 1. The number of aryl methyl sites for hydroxylation is 1. The Labute approximate surface area is 180 Å². The van der Waals surface area contributed by atoms with Crippen molar-refractivity contribution in [1.29, 1.82) is 0 Å². The number of aromatic nitrogens is 5. The molecule has 0 spiro atoms. The summed E-state index contributed by atoms with van der Waals surface area (Å²) in [6.07, 6.45) is -0.408. The van der Waals surface area contributed by atoms with Gasteiger partial charge in [0, 0.05) is 18.9 Å². The summed E-state index contributed by atoms with van der Waals surface area (Å²) < 4.78 is 39.6. The van der Waals surface area contributed by atoms with Crippen molar-refractivity contribution in [3.63, 3.8) is 0 Å². The second-order valence-electron chi connectivity index (χ2n) is 7.11. The highest BCUT2D eigenvalue weighted by molar-refractivity contribution is 6.04. The molecule has 0 bridgehead atoms. The number of hydrogen-bond acceptors (Lipinski definition) is 6.